The molecule has 1 N–H and O–H groups in total. The molecule has 0 spiro atoms. The molecule has 1 aliphatic heterocycles. The summed E-state index contributed by atoms with van der Waals surface area (Å²) < 4.78 is 5.32. The summed E-state index contributed by atoms with van der Waals surface area (Å²) in [5.41, 5.74) is 0. The molecule has 0 amide bonds. The molecule has 4 rings (SSSR count). The highest BCUT2D eigenvalue weighted by atomic mass is 79.9. The van der Waals surface area contributed by atoms with Crippen LogP contribution in [0.3, 0.4) is 0 Å². The number of pyridine rings is 1. The van der Waals surface area contributed by atoms with Crippen LogP contribution >= 0.6 is 17.0 Å². The van der Waals surface area contributed by atoms with Crippen molar-refractivity contribution >= 4 is 39.5 Å². The summed E-state index contributed by atoms with van der Waals surface area (Å²) in [6.45, 7) is 5.90. The predicted octanol–water partition coefficient (Wildman–Crippen LogP) is 3.19. The number of benzene rings is 1. The molecule has 0 saturated carbocycles. The van der Waals surface area contributed by atoms with Gasteiger partial charge in [-0.3, -0.25) is 4.90 Å². The number of rotatable bonds is 5. The summed E-state index contributed by atoms with van der Waals surface area (Å²) in [5, 5.41) is 5.79. The van der Waals surface area contributed by atoms with Crippen molar-refractivity contribution in [3.8, 4) is 5.75 Å². The van der Waals surface area contributed by atoms with E-state index in [1.165, 1.54) is 0 Å². The first kappa shape index (κ1) is 20.3. The molecule has 28 heavy (non-hydrogen) atoms. The van der Waals surface area contributed by atoms with Crippen molar-refractivity contribution in [2.45, 2.75) is 13.1 Å². The van der Waals surface area contributed by atoms with E-state index in [-0.39, 0.29) is 23.1 Å². The zero-order chi connectivity index (χ0) is 18.6. The molecular weight excluding hydrogens is 420 g/mol. The minimum Gasteiger partial charge on any atom is -0.497 e. The highest BCUT2D eigenvalue weighted by Gasteiger charge is 2.22. The number of hydrogen-bond donors (Lipinski definition) is 1. The molecule has 7 nitrogen and oxygen atoms in total. The van der Waals surface area contributed by atoms with E-state index in [9.17, 15) is 0 Å². The van der Waals surface area contributed by atoms with Crippen molar-refractivity contribution in [2.75, 3.05) is 43.5 Å². The number of nitrogens with zero attached hydrogens (tertiary/aromatic N) is 5. The van der Waals surface area contributed by atoms with Crippen LogP contribution in [0.5, 0.6) is 5.75 Å². The number of methoxy groups -OCH3 is 1. The Labute approximate surface area is 175 Å². The Morgan fingerprint density at radius 2 is 1.75 bits per heavy atom. The molecule has 8 heteroatoms. The number of piperazine rings is 1. The smallest absolute Gasteiger partial charge is 0.225 e. The monoisotopic (exact) mass is 444 g/mol. The van der Waals surface area contributed by atoms with E-state index in [1.807, 2.05) is 30.5 Å². The normalized spacial score (nSPS) is 15.7. The lowest BCUT2D eigenvalue weighted by Crippen LogP contribution is -2.52. The van der Waals surface area contributed by atoms with Crippen molar-refractivity contribution in [2.24, 2.45) is 0 Å². The summed E-state index contributed by atoms with van der Waals surface area (Å²) in [6.07, 6.45) is 5.60. The van der Waals surface area contributed by atoms with Crippen LogP contribution in [0.4, 0.5) is 11.8 Å². The Morgan fingerprint density at radius 1 is 1.00 bits per heavy atom. The molecule has 1 fully saturated rings. The topological polar surface area (TPSA) is 66.4 Å². The van der Waals surface area contributed by atoms with Crippen LogP contribution in [0, 0.1) is 0 Å². The number of ether oxygens (including phenoxy) is 1. The first-order valence-electron chi connectivity index (χ1n) is 9.20. The van der Waals surface area contributed by atoms with Gasteiger partial charge in [0.2, 0.25) is 5.95 Å². The van der Waals surface area contributed by atoms with E-state index in [0.717, 1.165) is 54.5 Å². The maximum absolute atomic E-state index is 5.32. The average molecular weight is 445 g/mol. The largest absolute Gasteiger partial charge is 0.497 e. The van der Waals surface area contributed by atoms with Crippen molar-refractivity contribution in [3.05, 3.63) is 48.9 Å². The Morgan fingerprint density at radius 3 is 2.46 bits per heavy atom. The molecule has 1 saturated heterocycles. The zero-order valence-electron chi connectivity index (χ0n) is 16.1. The van der Waals surface area contributed by atoms with Gasteiger partial charge in [-0.25, -0.2) is 15.0 Å². The second-order valence-electron chi connectivity index (χ2n) is 6.64. The van der Waals surface area contributed by atoms with E-state index in [1.54, 1.807) is 19.5 Å². The van der Waals surface area contributed by atoms with E-state index in [2.05, 4.69) is 43.1 Å². The maximum Gasteiger partial charge on any atom is 0.225 e. The van der Waals surface area contributed by atoms with E-state index in [0.29, 0.717) is 0 Å². The van der Waals surface area contributed by atoms with Crippen molar-refractivity contribution < 1.29 is 4.74 Å². The molecule has 1 aliphatic rings. The molecule has 1 aromatic carbocycles. The number of hydrogen-bond acceptors (Lipinski definition) is 7. The van der Waals surface area contributed by atoms with Gasteiger partial charge in [-0.15, -0.1) is 17.0 Å². The first-order chi connectivity index (χ1) is 13.2. The van der Waals surface area contributed by atoms with Gasteiger partial charge in [-0.2, -0.15) is 0 Å². The summed E-state index contributed by atoms with van der Waals surface area (Å²) in [5.74, 6) is 2.56. The Kier molecular flexibility index (Phi) is 6.64. The molecule has 0 bridgehead atoms. The first-order valence-corrected chi connectivity index (χ1v) is 9.20. The van der Waals surface area contributed by atoms with E-state index >= 15 is 0 Å². The molecule has 148 valence electrons. The Balaban J connectivity index is 0.00000225. The van der Waals surface area contributed by atoms with Gasteiger partial charge in [0.15, 0.2) is 0 Å². The average Bonchev–Trinajstić information content (AvgIpc) is 2.74. The Bertz CT molecular complexity index is 902. The van der Waals surface area contributed by atoms with E-state index < -0.39 is 0 Å². The minimum atomic E-state index is 0. The molecular formula is C20H25BrN6O. The fourth-order valence-corrected chi connectivity index (χ4v) is 3.45. The second-order valence-corrected chi connectivity index (χ2v) is 6.64. The van der Waals surface area contributed by atoms with Crippen LogP contribution in [0.1, 0.15) is 6.92 Å². The fourth-order valence-electron chi connectivity index (χ4n) is 3.45. The number of nitrogens with one attached hydrogen (secondary N) is 1. The number of fused-ring (bicyclic) bond motifs is 1. The number of halogens is 1. The SMILES string of the molecule is Br.COc1ccc2c(NC(C)N3CCN(c4ncccn4)CC3)nccc2c1. The highest BCUT2D eigenvalue weighted by Crippen LogP contribution is 2.26. The van der Waals surface area contributed by atoms with Crippen molar-refractivity contribution in [1.29, 1.82) is 0 Å². The van der Waals surface area contributed by atoms with Gasteiger partial charge in [0.25, 0.3) is 0 Å². The van der Waals surface area contributed by atoms with Gasteiger partial charge in [0.1, 0.15) is 11.6 Å². The van der Waals surface area contributed by atoms with Crippen molar-refractivity contribution in [3.63, 3.8) is 0 Å². The summed E-state index contributed by atoms with van der Waals surface area (Å²) in [6, 6.07) is 9.91. The number of aromatic nitrogens is 3. The summed E-state index contributed by atoms with van der Waals surface area (Å²) in [7, 11) is 1.68. The molecule has 1 unspecified atom stereocenters. The highest BCUT2D eigenvalue weighted by molar-refractivity contribution is 8.93. The van der Waals surface area contributed by atoms with Crippen LogP contribution in [0.25, 0.3) is 10.8 Å². The third-order valence-corrected chi connectivity index (χ3v) is 5.01. The van der Waals surface area contributed by atoms with E-state index in [4.69, 9.17) is 4.74 Å². The standard InChI is InChI=1S/C20H24N6O.BrH/c1-15(25-10-12-26(13-11-25)20-22-7-3-8-23-20)24-19-18-5-4-17(27-2)14-16(18)6-9-21-19;/h3-9,14-15H,10-13H2,1-2H3,(H,21,24);1H. The lowest BCUT2D eigenvalue weighted by Gasteiger charge is -2.38. The van der Waals surface area contributed by atoms with Gasteiger partial charge in [-0.05, 0) is 42.6 Å². The van der Waals surface area contributed by atoms with Crippen LogP contribution in [-0.4, -0.2) is 59.3 Å². The van der Waals surface area contributed by atoms with Gasteiger partial charge in [0.05, 0.1) is 13.3 Å². The minimum absolute atomic E-state index is 0. The molecule has 1 atom stereocenters. The Hall–Kier alpha value is -2.45. The molecule has 3 heterocycles. The summed E-state index contributed by atoms with van der Waals surface area (Å²) in [4.78, 5) is 17.9. The van der Waals surface area contributed by atoms with Gasteiger partial charge < -0.3 is 15.0 Å². The lowest BCUT2D eigenvalue weighted by atomic mass is 10.1. The van der Waals surface area contributed by atoms with Crippen LogP contribution in [-0.2, 0) is 0 Å². The third-order valence-electron chi connectivity index (χ3n) is 5.01. The second kappa shape index (κ2) is 9.16. The van der Waals surface area contributed by atoms with Gasteiger partial charge in [-0.1, -0.05) is 0 Å². The number of anilines is 2. The van der Waals surface area contributed by atoms with Crippen LogP contribution < -0.4 is 15.0 Å². The zero-order valence-corrected chi connectivity index (χ0v) is 17.8. The van der Waals surface area contributed by atoms with Crippen molar-refractivity contribution in [1.82, 2.24) is 19.9 Å². The molecule has 3 aromatic rings. The lowest BCUT2D eigenvalue weighted by molar-refractivity contribution is 0.214. The van der Waals surface area contributed by atoms with Crippen LogP contribution in [0.2, 0.25) is 0 Å². The fraction of sp³-hybridized carbons (Fsp3) is 0.350. The van der Waals surface area contributed by atoms with Gasteiger partial charge in [0, 0.05) is 50.2 Å². The maximum atomic E-state index is 5.32. The third kappa shape index (κ3) is 4.34. The molecule has 0 radical (unpaired) electrons. The van der Waals surface area contributed by atoms with Gasteiger partial charge >= 0.3 is 0 Å². The molecule has 2 aromatic heterocycles. The quantitative estimate of drug-likeness (QED) is 0.647. The molecule has 0 aliphatic carbocycles. The predicted molar refractivity (Wildman–Crippen MR) is 118 cm³/mol. The summed E-state index contributed by atoms with van der Waals surface area (Å²) >= 11 is 0. The van der Waals surface area contributed by atoms with Crippen LogP contribution in [0.15, 0.2) is 48.9 Å².